The lowest BCUT2D eigenvalue weighted by Crippen LogP contribution is -2.45. The minimum Gasteiger partial charge on any atom is -0.314 e. The molecule has 0 radical (unpaired) electrons. The van der Waals surface area contributed by atoms with Gasteiger partial charge in [-0.25, -0.2) is 8.42 Å². The normalized spacial score (nSPS) is 20.8. The molecule has 1 aliphatic heterocycles. The van der Waals surface area contributed by atoms with Crippen molar-refractivity contribution in [2.45, 2.75) is 62.1 Å². The van der Waals surface area contributed by atoms with Crippen molar-refractivity contribution < 1.29 is 8.42 Å². The van der Waals surface area contributed by atoms with Gasteiger partial charge in [-0.2, -0.15) is 4.31 Å². The maximum atomic E-state index is 12.8. The third-order valence-electron chi connectivity index (χ3n) is 4.76. The smallest absolute Gasteiger partial charge is 0.252 e. The second-order valence-electron chi connectivity index (χ2n) is 7.90. The molecular formula is C17H29ClN2O2S2. The largest absolute Gasteiger partial charge is 0.314 e. The van der Waals surface area contributed by atoms with Gasteiger partial charge in [0.25, 0.3) is 10.0 Å². The van der Waals surface area contributed by atoms with Crippen LogP contribution in [0.15, 0.2) is 16.3 Å². The summed E-state index contributed by atoms with van der Waals surface area (Å²) in [4.78, 5) is 1.12. The average Bonchev–Trinajstić information content (AvgIpc) is 3.16. The zero-order chi connectivity index (χ0) is 16.7. The van der Waals surface area contributed by atoms with E-state index in [-0.39, 0.29) is 17.8 Å². The second-order valence-corrected chi connectivity index (χ2v) is 11.1. The first-order chi connectivity index (χ1) is 10.8. The third-order valence-corrected chi connectivity index (χ3v) is 8.64. The fourth-order valence-corrected chi connectivity index (χ4v) is 5.93. The fraction of sp³-hybridized carbons (Fsp3) is 0.765. The van der Waals surface area contributed by atoms with Crippen molar-refractivity contribution in [3.63, 3.8) is 0 Å². The van der Waals surface area contributed by atoms with Crippen molar-refractivity contribution >= 4 is 33.8 Å². The number of sulfonamides is 1. The van der Waals surface area contributed by atoms with Gasteiger partial charge < -0.3 is 5.32 Å². The number of piperidine rings is 1. The highest BCUT2D eigenvalue weighted by molar-refractivity contribution is 7.91. The van der Waals surface area contributed by atoms with Crippen LogP contribution in [-0.2, 0) is 15.4 Å². The summed E-state index contributed by atoms with van der Waals surface area (Å²) in [5.41, 5.74) is -0.00182. The molecule has 0 bridgehead atoms. The minimum atomic E-state index is -3.32. The van der Waals surface area contributed by atoms with E-state index in [1.54, 1.807) is 10.4 Å². The molecule has 2 fully saturated rings. The van der Waals surface area contributed by atoms with E-state index in [4.69, 9.17) is 0 Å². The molecule has 3 rings (SSSR count). The van der Waals surface area contributed by atoms with Crippen molar-refractivity contribution in [3.8, 4) is 0 Å². The Morgan fingerprint density at radius 1 is 1.17 bits per heavy atom. The van der Waals surface area contributed by atoms with E-state index in [9.17, 15) is 8.42 Å². The molecule has 7 heteroatoms. The highest BCUT2D eigenvalue weighted by Gasteiger charge is 2.32. The number of nitrogens with one attached hydrogen (secondary N) is 1. The van der Waals surface area contributed by atoms with E-state index < -0.39 is 10.0 Å². The summed E-state index contributed by atoms with van der Waals surface area (Å²) in [5.74, 6) is 0.874. The van der Waals surface area contributed by atoms with Crippen LogP contribution in [0.3, 0.4) is 0 Å². The van der Waals surface area contributed by atoms with E-state index in [0.717, 1.165) is 30.2 Å². The van der Waals surface area contributed by atoms with Crippen molar-refractivity contribution in [1.82, 2.24) is 9.62 Å². The molecular weight excluding hydrogens is 364 g/mol. The van der Waals surface area contributed by atoms with Crippen molar-refractivity contribution in [2.75, 3.05) is 19.6 Å². The number of halogens is 1. The van der Waals surface area contributed by atoms with Gasteiger partial charge in [-0.1, -0.05) is 20.8 Å². The summed E-state index contributed by atoms with van der Waals surface area (Å²) in [7, 11) is -3.32. The van der Waals surface area contributed by atoms with Crippen LogP contribution in [0.5, 0.6) is 0 Å². The molecule has 1 aromatic heterocycles. The first-order valence-corrected chi connectivity index (χ1v) is 10.9. The summed E-state index contributed by atoms with van der Waals surface area (Å²) in [5, 5.41) is 3.60. The SMILES string of the molecule is CC(C)(C)c1ccc(S(=O)(=O)N2CCC(NCC3CC3)CC2)s1.Cl. The predicted molar refractivity (Wildman–Crippen MR) is 103 cm³/mol. The van der Waals surface area contributed by atoms with Gasteiger partial charge in [-0.15, -0.1) is 23.7 Å². The number of thiophene rings is 1. The number of rotatable bonds is 5. The monoisotopic (exact) mass is 392 g/mol. The van der Waals surface area contributed by atoms with Crippen LogP contribution in [0, 0.1) is 5.92 Å². The van der Waals surface area contributed by atoms with Crippen molar-refractivity contribution in [3.05, 3.63) is 17.0 Å². The van der Waals surface area contributed by atoms with E-state index in [0.29, 0.717) is 23.3 Å². The maximum absolute atomic E-state index is 12.8. The van der Waals surface area contributed by atoms with Crippen LogP contribution < -0.4 is 5.32 Å². The van der Waals surface area contributed by atoms with Crippen LogP contribution in [-0.4, -0.2) is 38.4 Å². The van der Waals surface area contributed by atoms with Crippen LogP contribution >= 0.6 is 23.7 Å². The van der Waals surface area contributed by atoms with Gasteiger partial charge in [0.05, 0.1) is 0 Å². The Morgan fingerprint density at radius 2 is 1.79 bits per heavy atom. The molecule has 0 spiro atoms. The molecule has 0 atom stereocenters. The van der Waals surface area contributed by atoms with E-state index in [1.807, 2.05) is 6.07 Å². The Hall–Kier alpha value is -0.140. The molecule has 138 valence electrons. The predicted octanol–water partition coefficient (Wildman–Crippen LogP) is 3.62. The van der Waals surface area contributed by atoms with Gasteiger partial charge in [0, 0.05) is 24.0 Å². The molecule has 1 saturated carbocycles. The van der Waals surface area contributed by atoms with Crippen LogP contribution in [0.25, 0.3) is 0 Å². The summed E-state index contributed by atoms with van der Waals surface area (Å²) in [6.07, 6.45) is 4.55. The summed E-state index contributed by atoms with van der Waals surface area (Å²) in [6.45, 7) is 8.73. The molecule has 0 aromatic carbocycles. The average molecular weight is 393 g/mol. The Kier molecular flexibility index (Phi) is 6.41. The zero-order valence-corrected chi connectivity index (χ0v) is 17.2. The summed E-state index contributed by atoms with van der Waals surface area (Å²) < 4.78 is 27.8. The van der Waals surface area contributed by atoms with Crippen LogP contribution in [0.4, 0.5) is 0 Å². The lowest BCUT2D eigenvalue weighted by molar-refractivity contribution is 0.288. The number of nitrogens with zero attached hydrogens (tertiary/aromatic N) is 1. The Labute approximate surface area is 156 Å². The highest BCUT2D eigenvalue weighted by atomic mass is 35.5. The Morgan fingerprint density at radius 3 is 2.29 bits per heavy atom. The van der Waals surface area contributed by atoms with Gasteiger partial charge in [0.15, 0.2) is 0 Å². The molecule has 1 aliphatic carbocycles. The zero-order valence-electron chi connectivity index (χ0n) is 14.7. The Balaban J connectivity index is 0.00000208. The molecule has 0 unspecified atom stereocenters. The number of hydrogen-bond donors (Lipinski definition) is 1. The topological polar surface area (TPSA) is 49.4 Å². The van der Waals surface area contributed by atoms with E-state index >= 15 is 0 Å². The lowest BCUT2D eigenvalue weighted by atomic mass is 9.95. The lowest BCUT2D eigenvalue weighted by Gasteiger charge is -2.31. The molecule has 24 heavy (non-hydrogen) atoms. The first-order valence-electron chi connectivity index (χ1n) is 8.60. The van der Waals surface area contributed by atoms with E-state index in [1.165, 1.54) is 24.2 Å². The highest BCUT2D eigenvalue weighted by Crippen LogP contribution is 2.34. The van der Waals surface area contributed by atoms with Crippen molar-refractivity contribution in [2.24, 2.45) is 5.92 Å². The first kappa shape index (κ1) is 20.2. The van der Waals surface area contributed by atoms with Crippen LogP contribution in [0.2, 0.25) is 0 Å². The minimum absolute atomic E-state index is 0. The van der Waals surface area contributed by atoms with Crippen LogP contribution in [0.1, 0.15) is 51.3 Å². The Bertz CT molecular complexity index is 640. The molecule has 1 saturated heterocycles. The number of hydrogen-bond acceptors (Lipinski definition) is 4. The standard InChI is InChI=1S/C17H28N2O2S2.ClH/c1-17(2,3)15-6-7-16(22-15)23(20,21)19-10-8-14(9-11-19)18-12-13-4-5-13;/h6-7,13-14,18H,4-5,8-12H2,1-3H3;1H. The summed E-state index contributed by atoms with van der Waals surface area (Å²) in [6, 6.07) is 4.22. The molecule has 2 heterocycles. The van der Waals surface area contributed by atoms with Gasteiger partial charge >= 0.3 is 0 Å². The van der Waals surface area contributed by atoms with Gasteiger partial charge in [-0.3, -0.25) is 0 Å². The molecule has 1 N–H and O–H groups in total. The van der Waals surface area contributed by atoms with E-state index in [2.05, 4.69) is 26.1 Å². The maximum Gasteiger partial charge on any atom is 0.252 e. The molecule has 1 aromatic rings. The molecule has 2 aliphatic rings. The van der Waals surface area contributed by atoms with Gasteiger partial charge in [0.2, 0.25) is 0 Å². The van der Waals surface area contributed by atoms with Gasteiger partial charge in [0.1, 0.15) is 4.21 Å². The second kappa shape index (κ2) is 7.62. The quantitative estimate of drug-likeness (QED) is 0.832. The molecule has 4 nitrogen and oxygen atoms in total. The summed E-state index contributed by atoms with van der Waals surface area (Å²) >= 11 is 1.42. The fourth-order valence-electron chi connectivity index (χ4n) is 2.94. The third kappa shape index (κ3) is 4.73. The molecule has 0 amide bonds. The van der Waals surface area contributed by atoms with Gasteiger partial charge in [-0.05, 0) is 55.7 Å². The van der Waals surface area contributed by atoms with Crippen molar-refractivity contribution in [1.29, 1.82) is 0 Å².